The van der Waals surface area contributed by atoms with Crippen LogP contribution in [0.5, 0.6) is 0 Å². The zero-order valence-corrected chi connectivity index (χ0v) is 13.2. The normalized spacial score (nSPS) is 34.0. The molecule has 0 bridgehead atoms. The van der Waals surface area contributed by atoms with Gasteiger partial charge in [0.25, 0.3) is 0 Å². The second-order valence-electron chi connectivity index (χ2n) is 7.26. The van der Waals surface area contributed by atoms with Crippen LogP contribution >= 0.6 is 0 Å². The molecule has 116 valence electrons. The first kappa shape index (κ1) is 14.8. The number of piperidine rings is 1. The summed E-state index contributed by atoms with van der Waals surface area (Å²) in [4.78, 5) is 2.86. The van der Waals surface area contributed by atoms with Gasteiger partial charge >= 0.3 is 0 Å². The van der Waals surface area contributed by atoms with Crippen LogP contribution in [0.15, 0.2) is 0 Å². The van der Waals surface area contributed by atoms with Crippen molar-refractivity contribution < 1.29 is 4.74 Å². The summed E-state index contributed by atoms with van der Waals surface area (Å²) in [6.45, 7) is 9.08. The molecule has 2 heterocycles. The highest BCUT2D eigenvalue weighted by atomic mass is 16.5. The van der Waals surface area contributed by atoms with E-state index in [0.717, 1.165) is 31.7 Å². The number of fused-ring (bicyclic) bond motifs is 1. The second kappa shape index (κ2) is 6.76. The van der Waals surface area contributed by atoms with Gasteiger partial charge in [-0.3, -0.25) is 4.90 Å². The highest BCUT2D eigenvalue weighted by molar-refractivity contribution is 4.94. The summed E-state index contributed by atoms with van der Waals surface area (Å²) < 4.78 is 5.63. The van der Waals surface area contributed by atoms with Crippen LogP contribution in [0.4, 0.5) is 0 Å². The first-order valence-corrected chi connectivity index (χ1v) is 8.85. The molecule has 0 amide bonds. The summed E-state index contributed by atoms with van der Waals surface area (Å²) in [6, 6.07) is 0.907. The van der Waals surface area contributed by atoms with Crippen LogP contribution < -0.4 is 5.32 Å². The molecule has 0 radical (unpaired) electrons. The van der Waals surface area contributed by atoms with E-state index in [2.05, 4.69) is 17.1 Å². The third-order valence-corrected chi connectivity index (χ3v) is 5.95. The summed E-state index contributed by atoms with van der Waals surface area (Å²) in [5, 5.41) is 3.63. The lowest BCUT2D eigenvalue weighted by atomic mass is 9.78. The van der Waals surface area contributed by atoms with Gasteiger partial charge in [0.1, 0.15) is 0 Å². The second-order valence-corrected chi connectivity index (χ2v) is 7.26. The van der Waals surface area contributed by atoms with E-state index in [1.54, 1.807) is 0 Å². The monoisotopic (exact) mass is 280 g/mol. The molecule has 3 rings (SSSR count). The molecule has 1 aliphatic carbocycles. The van der Waals surface area contributed by atoms with Gasteiger partial charge in [-0.25, -0.2) is 0 Å². The summed E-state index contributed by atoms with van der Waals surface area (Å²) in [6.07, 6.45) is 9.82. The Morgan fingerprint density at radius 1 is 1.15 bits per heavy atom. The molecule has 0 spiro atoms. The Kier molecular flexibility index (Phi) is 5.00. The number of ether oxygens (including phenoxy) is 1. The number of hydrogen-bond acceptors (Lipinski definition) is 3. The fourth-order valence-electron chi connectivity index (χ4n) is 4.77. The predicted octanol–water partition coefficient (Wildman–Crippen LogP) is 2.66. The van der Waals surface area contributed by atoms with Crippen LogP contribution in [0, 0.1) is 11.3 Å². The van der Waals surface area contributed by atoms with E-state index >= 15 is 0 Å². The minimum Gasteiger partial charge on any atom is -0.381 e. The van der Waals surface area contributed by atoms with Crippen molar-refractivity contribution in [1.82, 2.24) is 10.2 Å². The van der Waals surface area contributed by atoms with Crippen molar-refractivity contribution in [3.05, 3.63) is 0 Å². The average molecular weight is 280 g/mol. The van der Waals surface area contributed by atoms with E-state index in [9.17, 15) is 0 Å². The lowest BCUT2D eigenvalue weighted by Gasteiger charge is -2.46. The number of likely N-dealkylation sites (tertiary alicyclic amines) is 1. The van der Waals surface area contributed by atoms with Crippen LogP contribution in [0.25, 0.3) is 0 Å². The summed E-state index contributed by atoms with van der Waals surface area (Å²) in [7, 11) is 0. The Morgan fingerprint density at radius 2 is 1.95 bits per heavy atom. The molecule has 2 aliphatic heterocycles. The maximum atomic E-state index is 5.63. The zero-order chi connectivity index (χ0) is 13.8. The molecular formula is C17H32N2O. The van der Waals surface area contributed by atoms with Gasteiger partial charge in [0.15, 0.2) is 0 Å². The summed E-state index contributed by atoms with van der Waals surface area (Å²) in [5.41, 5.74) is 0.471. The molecule has 20 heavy (non-hydrogen) atoms. The minimum atomic E-state index is 0.471. The van der Waals surface area contributed by atoms with Crippen molar-refractivity contribution in [3.8, 4) is 0 Å². The van der Waals surface area contributed by atoms with Gasteiger partial charge in [0, 0.05) is 32.3 Å². The van der Waals surface area contributed by atoms with Gasteiger partial charge in [-0.1, -0.05) is 13.3 Å². The highest BCUT2D eigenvalue weighted by Gasteiger charge is 2.40. The van der Waals surface area contributed by atoms with Gasteiger partial charge in [-0.15, -0.1) is 0 Å². The molecular weight excluding hydrogens is 248 g/mol. The van der Waals surface area contributed by atoms with Crippen LogP contribution in [-0.4, -0.2) is 50.3 Å². The van der Waals surface area contributed by atoms with E-state index in [1.165, 1.54) is 64.6 Å². The topological polar surface area (TPSA) is 24.5 Å². The van der Waals surface area contributed by atoms with Crippen LogP contribution in [0.1, 0.15) is 51.9 Å². The molecule has 0 aromatic carbocycles. The Balaban J connectivity index is 1.65. The smallest absolute Gasteiger partial charge is 0.0472 e. The highest BCUT2D eigenvalue weighted by Crippen LogP contribution is 2.40. The van der Waals surface area contributed by atoms with E-state index in [-0.39, 0.29) is 0 Å². The maximum absolute atomic E-state index is 5.63. The molecule has 1 N–H and O–H groups in total. The largest absolute Gasteiger partial charge is 0.381 e. The predicted molar refractivity (Wildman–Crippen MR) is 83.0 cm³/mol. The van der Waals surface area contributed by atoms with Crippen LogP contribution in [-0.2, 0) is 4.74 Å². The van der Waals surface area contributed by atoms with E-state index in [4.69, 9.17) is 4.74 Å². The van der Waals surface area contributed by atoms with Gasteiger partial charge in [-0.2, -0.15) is 0 Å². The lowest BCUT2D eigenvalue weighted by Crippen LogP contribution is -2.52. The Hall–Kier alpha value is -0.120. The standard InChI is InChI=1S/C17H32N2O/c1-2-18-13-17(8-11-20-12-9-17)14-19-10-4-6-15-5-3-7-16(15)19/h15-16,18H,2-14H2,1H3. The molecule has 3 nitrogen and oxygen atoms in total. The van der Waals surface area contributed by atoms with Crippen molar-refractivity contribution in [2.24, 2.45) is 11.3 Å². The van der Waals surface area contributed by atoms with Crippen molar-refractivity contribution in [3.63, 3.8) is 0 Å². The molecule has 2 atom stereocenters. The third kappa shape index (κ3) is 3.20. The van der Waals surface area contributed by atoms with E-state index < -0.39 is 0 Å². The Labute approximate surface area is 124 Å². The minimum absolute atomic E-state index is 0.471. The van der Waals surface area contributed by atoms with E-state index in [0.29, 0.717) is 5.41 Å². The molecule has 2 unspecified atom stereocenters. The van der Waals surface area contributed by atoms with Crippen molar-refractivity contribution in [2.75, 3.05) is 39.4 Å². The zero-order valence-electron chi connectivity index (χ0n) is 13.2. The molecule has 1 saturated carbocycles. The SMILES string of the molecule is CCNCC1(CN2CCCC3CCCC32)CCOCC1. The van der Waals surface area contributed by atoms with Gasteiger partial charge < -0.3 is 10.1 Å². The summed E-state index contributed by atoms with van der Waals surface area (Å²) in [5.74, 6) is 1.01. The Bertz CT molecular complexity index is 301. The molecule has 3 fully saturated rings. The number of nitrogens with one attached hydrogen (secondary N) is 1. The quantitative estimate of drug-likeness (QED) is 0.838. The third-order valence-electron chi connectivity index (χ3n) is 5.95. The molecule has 0 aromatic heterocycles. The lowest BCUT2D eigenvalue weighted by molar-refractivity contribution is -0.0220. The van der Waals surface area contributed by atoms with E-state index in [1.807, 2.05) is 0 Å². The molecule has 0 aromatic rings. The molecule has 2 saturated heterocycles. The summed E-state index contributed by atoms with van der Waals surface area (Å²) >= 11 is 0. The number of rotatable bonds is 5. The fourth-order valence-corrected chi connectivity index (χ4v) is 4.77. The van der Waals surface area contributed by atoms with Gasteiger partial charge in [0.05, 0.1) is 0 Å². The van der Waals surface area contributed by atoms with Crippen LogP contribution in [0.2, 0.25) is 0 Å². The fraction of sp³-hybridized carbons (Fsp3) is 1.00. The number of nitrogens with zero attached hydrogens (tertiary/aromatic N) is 1. The molecule has 3 aliphatic rings. The maximum Gasteiger partial charge on any atom is 0.0472 e. The van der Waals surface area contributed by atoms with Gasteiger partial charge in [-0.05, 0) is 62.9 Å². The Morgan fingerprint density at radius 3 is 2.75 bits per heavy atom. The van der Waals surface area contributed by atoms with Gasteiger partial charge in [0.2, 0.25) is 0 Å². The average Bonchev–Trinajstić information content (AvgIpc) is 2.96. The number of hydrogen-bond donors (Lipinski definition) is 1. The first-order chi connectivity index (χ1) is 9.83. The van der Waals surface area contributed by atoms with Crippen molar-refractivity contribution in [2.45, 2.75) is 57.9 Å². The molecule has 3 heteroatoms. The van der Waals surface area contributed by atoms with Crippen molar-refractivity contribution >= 4 is 0 Å². The van der Waals surface area contributed by atoms with Crippen molar-refractivity contribution in [1.29, 1.82) is 0 Å². The van der Waals surface area contributed by atoms with Crippen LogP contribution in [0.3, 0.4) is 0 Å². The first-order valence-electron chi connectivity index (χ1n) is 8.85.